The number of halogens is 13. The first-order valence-electron chi connectivity index (χ1n) is 28.8. The minimum Gasteiger partial charge on any atom is -0.247 e. The predicted molar refractivity (Wildman–Crippen MR) is 277 cm³/mol. The molecule has 7 aliphatic rings. The second kappa shape index (κ2) is 29.3. The summed E-state index contributed by atoms with van der Waals surface area (Å²) in [6.45, 7) is 39.6. The zero-order valence-electron chi connectivity index (χ0n) is 49.1. The van der Waals surface area contributed by atoms with Crippen LogP contribution in [0.15, 0.2) is 0 Å². The molecule has 0 aromatic heterocycles. The van der Waals surface area contributed by atoms with Crippen LogP contribution in [0.2, 0.25) is 0 Å². The summed E-state index contributed by atoms with van der Waals surface area (Å²) in [5.74, 6) is -1.33. The van der Waals surface area contributed by atoms with Gasteiger partial charge in [0, 0.05) is 18.8 Å². The third kappa shape index (κ3) is 22.0. The van der Waals surface area contributed by atoms with Crippen LogP contribution in [0.3, 0.4) is 0 Å². The predicted octanol–water partition coefficient (Wildman–Crippen LogP) is 21.9. The third-order valence-corrected chi connectivity index (χ3v) is 20.3. The summed E-state index contributed by atoms with van der Waals surface area (Å²) < 4.78 is 164. The van der Waals surface area contributed by atoms with Gasteiger partial charge in [-0.3, -0.25) is 0 Å². The normalized spacial score (nSPS) is 45.2. The van der Waals surface area contributed by atoms with E-state index in [2.05, 4.69) is 62.3 Å². The van der Waals surface area contributed by atoms with Crippen LogP contribution in [0.4, 0.5) is 57.1 Å². The monoisotopic (exact) mass is 1070 g/mol. The summed E-state index contributed by atoms with van der Waals surface area (Å²) >= 11 is 0. The molecule has 7 saturated carbocycles. The highest BCUT2D eigenvalue weighted by molar-refractivity contribution is 4.97. The third-order valence-electron chi connectivity index (χ3n) is 20.3. The Morgan fingerprint density at radius 3 is 0.795 bits per heavy atom. The van der Waals surface area contributed by atoms with Crippen molar-refractivity contribution in [1.29, 1.82) is 0 Å². The fourth-order valence-corrected chi connectivity index (χ4v) is 14.0. The quantitative estimate of drug-likeness (QED) is 0.212. The molecule has 25 atom stereocenters. The molecule has 0 aliphatic heterocycles. The fourth-order valence-electron chi connectivity index (χ4n) is 14.0. The standard InChI is InChI=1S/C10H14F6.C10H17F3.C9H18.C8H14F2.2C8H16.C7H12F2/c1-4-5(2)8(10(14,15)16)6(3)7(4)9(11,12)13;1-6-4-8(3)9(5-7(6)2)10(11,12)13;1-7-4-5-8(2)9(3)6-7;1-4-5(2)8(10)6(3)7(4)9;2*1-6-4-7(2)8(3)5-6;1-5-3-7(8,9)4-6(5)2/h4-8H,1-3H3;6-9H,4-5H2,1-3H3;7-9H,4-6H2,1-3H3;4-8H,1-3H3;2*6-8H,4-5H2,1-3H3;5-6H,3-4H2,1-2H3/t4-,5+,6?,7?,8?;6-,7+,8?,9?;7?,8-,9+;4-,5+,6?,7?,8?;2*6?,7-,8+;5-,6+/m.01..../s1. The van der Waals surface area contributed by atoms with Gasteiger partial charge < -0.3 is 0 Å². The van der Waals surface area contributed by atoms with Crippen LogP contribution in [-0.4, -0.2) is 36.8 Å². The molecule has 0 bridgehead atoms. The van der Waals surface area contributed by atoms with Crippen LogP contribution < -0.4 is 0 Å². The maximum absolute atomic E-state index is 13.0. The van der Waals surface area contributed by atoms with E-state index in [9.17, 15) is 57.1 Å². The van der Waals surface area contributed by atoms with Gasteiger partial charge in [-0.2, -0.15) is 39.5 Å². The minimum absolute atomic E-state index is 0.0914. The van der Waals surface area contributed by atoms with Crippen molar-refractivity contribution in [2.45, 2.75) is 246 Å². The molecule has 0 saturated heterocycles. The summed E-state index contributed by atoms with van der Waals surface area (Å²) in [7, 11) is 0. The molecule has 7 fully saturated rings. The second-order valence-corrected chi connectivity index (χ2v) is 26.9. The number of alkyl halides is 13. The van der Waals surface area contributed by atoms with Gasteiger partial charge in [0.05, 0.1) is 17.8 Å². The van der Waals surface area contributed by atoms with E-state index in [1.807, 2.05) is 27.7 Å². The van der Waals surface area contributed by atoms with Gasteiger partial charge in [0.15, 0.2) is 0 Å². The number of hydrogen-bond donors (Lipinski definition) is 0. The molecule has 73 heavy (non-hydrogen) atoms. The van der Waals surface area contributed by atoms with E-state index in [0.717, 1.165) is 60.2 Å². The Labute approximate surface area is 437 Å². The van der Waals surface area contributed by atoms with Crippen molar-refractivity contribution >= 4 is 0 Å². The average molecular weight is 1080 g/mol. The molecule has 0 spiro atoms. The first kappa shape index (κ1) is 70.1. The molecule has 438 valence electrons. The topological polar surface area (TPSA) is 0 Å². The highest BCUT2D eigenvalue weighted by Gasteiger charge is 2.62. The number of rotatable bonds is 0. The maximum atomic E-state index is 13.0. The van der Waals surface area contributed by atoms with E-state index in [-0.39, 0.29) is 48.3 Å². The van der Waals surface area contributed by atoms with Gasteiger partial charge in [0.1, 0.15) is 12.3 Å². The van der Waals surface area contributed by atoms with Crippen molar-refractivity contribution < 1.29 is 57.1 Å². The Bertz CT molecular complexity index is 1380. The first-order valence-corrected chi connectivity index (χ1v) is 28.8. The molecule has 7 rings (SSSR count). The van der Waals surface area contributed by atoms with Gasteiger partial charge >= 0.3 is 18.5 Å². The summed E-state index contributed by atoms with van der Waals surface area (Å²) in [6.07, 6.45) is -3.54. The lowest BCUT2D eigenvalue weighted by Gasteiger charge is -2.38. The fraction of sp³-hybridized carbons (Fsp3) is 1.00. The van der Waals surface area contributed by atoms with Gasteiger partial charge in [0.25, 0.3) is 0 Å². The van der Waals surface area contributed by atoms with Gasteiger partial charge in [0.2, 0.25) is 5.92 Å². The lowest BCUT2D eigenvalue weighted by atomic mass is 9.70. The van der Waals surface area contributed by atoms with E-state index < -0.39 is 78.2 Å². The van der Waals surface area contributed by atoms with Crippen molar-refractivity contribution in [1.82, 2.24) is 0 Å². The molecular formula is C60H107F13. The van der Waals surface area contributed by atoms with Crippen molar-refractivity contribution in [3.8, 4) is 0 Å². The van der Waals surface area contributed by atoms with Crippen LogP contribution in [0.25, 0.3) is 0 Å². The molecule has 7 aliphatic carbocycles. The molecule has 0 heterocycles. The van der Waals surface area contributed by atoms with E-state index >= 15 is 0 Å². The van der Waals surface area contributed by atoms with Crippen molar-refractivity contribution in [2.24, 2.45) is 136 Å². The molecule has 0 amide bonds. The summed E-state index contributed by atoms with van der Waals surface area (Å²) in [4.78, 5) is 0. The molecule has 13 heteroatoms. The van der Waals surface area contributed by atoms with Gasteiger partial charge in [-0.15, -0.1) is 0 Å². The van der Waals surface area contributed by atoms with E-state index in [0.29, 0.717) is 18.8 Å². The molecule has 0 nitrogen and oxygen atoms in total. The van der Waals surface area contributed by atoms with Crippen molar-refractivity contribution in [3.63, 3.8) is 0 Å². The highest BCUT2D eigenvalue weighted by atomic mass is 19.4. The first-order chi connectivity index (χ1) is 33.0. The van der Waals surface area contributed by atoms with Crippen LogP contribution >= 0.6 is 0 Å². The zero-order valence-corrected chi connectivity index (χ0v) is 49.1. The average Bonchev–Trinajstić information content (AvgIpc) is 3.92. The Morgan fingerprint density at radius 1 is 0.288 bits per heavy atom. The van der Waals surface area contributed by atoms with Crippen LogP contribution in [0.5, 0.6) is 0 Å². The van der Waals surface area contributed by atoms with E-state index in [4.69, 9.17) is 0 Å². The molecule has 0 N–H and O–H groups in total. The second-order valence-electron chi connectivity index (χ2n) is 26.9. The van der Waals surface area contributed by atoms with Crippen LogP contribution in [-0.2, 0) is 0 Å². The van der Waals surface area contributed by atoms with Gasteiger partial charge in [-0.05, 0) is 157 Å². The van der Waals surface area contributed by atoms with Crippen LogP contribution in [0.1, 0.15) is 209 Å². The van der Waals surface area contributed by atoms with E-state index in [1.54, 1.807) is 27.7 Å². The lowest BCUT2D eigenvalue weighted by molar-refractivity contribution is -0.214. The zero-order chi connectivity index (χ0) is 57.2. The summed E-state index contributed by atoms with van der Waals surface area (Å²) in [5, 5.41) is 0. The Kier molecular flexibility index (Phi) is 28.2. The lowest BCUT2D eigenvalue weighted by Crippen LogP contribution is -2.37. The Hall–Kier alpha value is -0.910. The Morgan fingerprint density at radius 2 is 0.589 bits per heavy atom. The van der Waals surface area contributed by atoms with Crippen LogP contribution in [0, 0.1) is 136 Å². The molecule has 0 aromatic rings. The molecule has 11 unspecified atom stereocenters. The van der Waals surface area contributed by atoms with Gasteiger partial charge in [-0.1, -0.05) is 151 Å². The van der Waals surface area contributed by atoms with E-state index in [1.165, 1.54) is 58.8 Å². The summed E-state index contributed by atoms with van der Waals surface area (Å²) in [5.41, 5.74) is 0. The molecule has 0 aromatic carbocycles. The Balaban J connectivity index is 0.000000432. The van der Waals surface area contributed by atoms with Crippen molar-refractivity contribution in [2.75, 3.05) is 0 Å². The summed E-state index contributed by atoms with van der Waals surface area (Å²) in [6, 6.07) is 0. The minimum atomic E-state index is -4.55. The van der Waals surface area contributed by atoms with Crippen molar-refractivity contribution in [3.05, 3.63) is 0 Å². The SMILES string of the molecule is CC1C(C(F)(F)F)[C@@H](C)[C@@H](C)C1C(F)(F)F.CC1C(F)[C@@H](C)[C@@H](C)C1F.CC1CC[C@@H](C)[C@@H](C)C1.CC1C[C@@H](C)[C@@H](C)C1.CC1C[C@@H](C)[C@@H](C)C1.CC1C[C@H](C)[C@H](C)CC1C(F)(F)F.C[C@@H]1CC(F)(F)C[C@@H]1C. The number of hydrogen-bond acceptors (Lipinski definition) is 0. The largest absolute Gasteiger partial charge is 0.392 e. The highest BCUT2D eigenvalue weighted by Crippen LogP contribution is 2.57. The molecule has 0 radical (unpaired) electrons. The maximum Gasteiger partial charge on any atom is 0.392 e. The molecular weight excluding hydrogens is 968 g/mol. The smallest absolute Gasteiger partial charge is 0.247 e. The van der Waals surface area contributed by atoms with Gasteiger partial charge in [-0.25, -0.2) is 17.6 Å².